The van der Waals surface area contributed by atoms with Crippen LogP contribution < -0.4 is 0 Å². The molecular weight excluding hydrogens is 536 g/mol. The second kappa shape index (κ2) is 10.3. The highest BCUT2D eigenvalue weighted by molar-refractivity contribution is 5.53. The average molecular weight is 569 g/mol. The van der Waals surface area contributed by atoms with Gasteiger partial charge in [0.2, 0.25) is 0 Å². The van der Waals surface area contributed by atoms with Crippen LogP contribution in [0.5, 0.6) is 0 Å². The zero-order valence-corrected chi connectivity index (χ0v) is 24.3. The summed E-state index contributed by atoms with van der Waals surface area (Å²) in [6.45, 7) is 0. The van der Waals surface area contributed by atoms with Gasteiger partial charge in [-0.2, -0.15) is 0 Å². The first kappa shape index (κ1) is 25.5. The zero-order chi connectivity index (χ0) is 29.0. The Kier molecular flexibility index (Phi) is 6.00. The van der Waals surface area contributed by atoms with Crippen LogP contribution in [-0.4, -0.2) is 19.9 Å². The molecule has 4 nitrogen and oxygen atoms in total. The van der Waals surface area contributed by atoms with E-state index in [9.17, 15) is 0 Å². The Hall–Kier alpha value is -4.96. The Morgan fingerprint density at radius 3 is 0.500 bits per heavy atom. The molecule has 0 amide bonds. The highest BCUT2D eigenvalue weighted by atomic mass is 14.7. The van der Waals surface area contributed by atoms with Crippen molar-refractivity contribution >= 4 is 0 Å². The van der Waals surface area contributed by atoms with Crippen molar-refractivity contribution in [2.45, 2.75) is 47.3 Å². The number of rotatable bonds is 4. The van der Waals surface area contributed by atoms with E-state index in [1.807, 2.05) is 49.6 Å². The van der Waals surface area contributed by atoms with Gasteiger partial charge in [-0.15, -0.1) is 0 Å². The number of hydrogen-bond acceptors (Lipinski definition) is 4. The molecule has 6 aliphatic rings. The lowest BCUT2D eigenvalue weighted by Gasteiger charge is -2.55. The Balaban J connectivity index is 1.22. The Labute approximate surface area is 257 Å². The molecule has 0 aliphatic heterocycles. The van der Waals surface area contributed by atoms with Crippen molar-refractivity contribution in [2.75, 3.05) is 0 Å². The molecule has 4 heteroatoms. The summed E-state index contributed by atoms with van der Waals surface area (Å²) in [6, 6.07) is 37.1. The summed E-state index contributed by atoms with van der Waals surface area (Å²) in [6.07, 6.45) is 15.5. The van der Waals surface area contributed by atoms with Gasteiger partial charge in [-0.3, -0.25) is 19.9 Å². The lowest BCUT2D eigenvalue weighted by atomic mass is 9.47. The maximum atomic E-state index is 4.35. The van der Waals surface area contributed by atoms with Crippen LogP contribution in [0, 0.1) is 0 Å². The van der Waals surface area contributed by atoms with Gasteiger partial charge in [0.15, 0.2) is 0 Å². The molecule has 4 aromatic heterocycles. The van der Waals surface area contributed by atoms with Gasteiger partial charge in [0.25, 0.3) is 0 Å². The van der Waals surface area contributed by atoms with E-state index < -0.39 is 0 Å². The second-order valence-corrected chi connectivity index (χ2v) is 12.7. The molecule has 12 rings (SSSR count). The highest BCUT2D eigenvalue weighted by Crippen LogP contribution is 2.69. The van der Waals surface area contributed by atoms with E-state index in [4.69, 9.17) is 0 Å². The monoisotopic (exact) mass is 568 g/mol. The van der Waals surface area contributed by atoms with Crippen LogP contribution in [0.4, 0.5) is 0 Å². The summed E-state index contributed by atoms with van der Waals surface area (Å²) in [5, 5.41) is 0. The van der Waals surface area contributed by atoms with Crippen LogP contribution in [-0.2, 0) is 0 Å². The molecule has 4 heterocycles. The van der Waals surface area contributed by atoms with Crippen LogP contribution in [0.2, 0.25) is 0 Å². The lowest BCUT2D eigenvalue weighted by Crippen LogP contribution is -2.41. The van der Waals surface area contributed by atoms with Crippen LogP contribution in [0.3, 0.4) is 0 Å². The first-order chi connectivity index (χ1) is 21.9. The molecule has 8 atom stereocenters. The topological polar surface area (TPSA) is 51.6 Å². The van der Waals surface area contributed by atoms with Gasteiger partial charge in [-0.1, -0.05) is 48.5 Å². The fourth-order valence-electron chi connectivity index (χ4n) is 9.04. The maximum Gasteiger partial charge on any atom is 0.0270 e. The van der Waals surface area contributed by atoms with E-state index in [1.54, 1.807) is 0 Å². The first-order valence-electron chi connectivity index (χ1n) is 15.7. The Bertz CT molecular complexity index is 1590. The maximum absolute atomic E-state index is 4.35. The van der Waals surface area contributed by atoms with E-state index in [1.165, 1.54) is 44.5 Å². The molecule has 0 saturated heterocycles. The molecule has 0 N–H and O–H groups in total. The molecule has 0 radical (unpaired) electrons. The molecule has 44 heavy (non-hydrogen) atoms. The van der Waals surface area contributed by atoms with Crippen molar-refractivity contribution in [3.8, 4) is 0 Å². The molecular formula is C40H32N4. The highest BCUT2D eigenvalue weighted by Gasteiger charge is 2.55. The second-order valence-electron chi connectivity index (χ2n) is 12.7. The molecule has 6 aliphatic carbocycles. The van der Waals surface area contributed by atoms with Crippen molar-refractivity contribution in [2.24, 2.45) is 0 Å². The van der Waals surface area contributed by atoms with Gasteiger partial charge in [-0.05, 0) is 140 Å². The summed E-state index contributed by atoms with van der Waals surface area (Å²) < 4.78 is 0. The molecule has 8 unspecified atom stereocenters. The van der Waals surface area contributed by atoms with Crippen LogP contribution in [0.1, 0.15) is 91.9 Å². The molecule has 6 aromatic rings. The van der Waals surface area contributed by atoms with Gasteiger partial charge < -0.3 is 0 Å². The minimum atomic E-state index is 0.357. The van der Waals surface area contributed by atoms with E-state index in [2.05, 4.69) is 117 Å². The van der Waals surface area contributed by atoms with Crippen LogP contribution in [0.15, 0.2) is 147 Å². The Morgan fingerprint density at radius 2 is 0.341 bits per heavy atom. The molecule has 212 valence electrons. The molecule has 2 saturated carbocycles. The number of hydrogen-bond donors (Lipinski definition) is 0. The van der Waals surface area contributed by atoms with Gasteiger partial charge >= 0.3 is 0 Å². The number of pyridine rings is 4. The number of aromatic nitrogens is 4. The lowest BCUT2D eigenvalue weighted by molar-refractivity contribution is 0.222. The summed E-state index contributed by atoms with van der Waals surface area (Å²) in [4.78, 5) is 17.4. The number of benzene rings is 2. The zero-order valence-electron chi connectivity index (χ0n) is 24.3. The van der Waals surface area contributed by atoms with Gasteiger partial charge in [0.05, 0.1) is 0 Å². The van der Waals surface area contributed by atoms with Crippen molar-refractivity contribution in [1.82, 2.24) is 19.9 Å². The predicted octanol–water partition coefficient (Wildman–Crippen LogP) is 8.48. The summed E-state index contributed by atoms with van der Waals surface area (Å²) in [7, 11) is 0. The summed E-state index contributed by atoms with van der Waals surface area (Å²) >= 11 is 0. The minimum Gasteiger partial charge on any atom is -0.265 e. The fraction of sp³-hybridized carbons (Fsp3) is 0.200. The fourth-order valence-corrected chi connectivity index (χ4v) is 9.04. The standard InChI is InChI=1S/C40H32N4/c1-2-26-4-3-25(1)33-35(39(31-13-21-43-22-14-31)37(33)29-9-17-41-18-10-29)27-5-7-28(8-6-27)36-34(26)38(30-11-19-42-20-12-30)40(36)32-15-23-44-24-16-32/h1-24,33-40H. The average Bonchev–Trinajstić information content (AvgIpc) is 3.07. The van der Waals surface area contributed by atoms with E-state index in [0.29, 0.717) is 47.3 Å². The van der Waals surface area contributed by atoms with Gasteiger partial charge in [0, 0.05) is 49.6 Å². The smallest absolute Gasteiger partial charge is 0.0270 e. The number of nitrogens with zero attached hydrogens (tertiary/aromatic N) is 4. The molecule has 2 fully saturated rings. The largest absolute Gasteiger partial charge is 0.265 e. The van der Waals surface area contributed by atoms with Crippen LogP contribution in [0.25, 0.3) is 0 Å². The minimum absolute atomic E-state index is 0.357. The predicted molar refractivity (Wildman–Crippen MR) is 172 cm³/mol. The third kappa shape index (κ3) is 3.90. The van der Waals surface area contributed by atoms with E-state index >= 15 is 0 Å². The van der Waals surface area contributed by atoms with Crippen LogP contribution >= 0.6 is 0 Å². The summed E-state index contributed by atoms with van der Waals surface area (Å²) in [5.41, 5.74) is 11.1. The molecule has 0 spiro atoms. The van der Waals surface area contributed by atoms with E-state index in [0.717, 1.165) is 0 Å². The normalized spacial score (nSPS) is 28.0. The van der Waals surface area contributed by atoms with E-state index in [-0.39, 0.29) is 0 Å². The molecule has 2 aromatic carbocycles. The van der Waals surface area contributed by atoms with Gasteiger partial charge in [0.1, 0.15) is 0 Å². The third-order valence-corrected chi connectivity index (χ3v) is 10.9. The molecule has 4 bridgehead atoms. The van der Waals surface area contributed by atoms with Crippen molar-refractivity contribution in [3.63, 3.8) is 0 Å². The van der Waals surface area contributed by atoms with Gasteiger partial charge in [-0.25, -0.2) is 0 Å². The van der Waals surface area contributed by atoms with Crippen molar-refractivity contribution in [1.29, 1.82) is 0 Å². The first-order valence-corrected chi connectivity index (χ1v) is 15.7. The Morgan fingerprint density at radius 1 is 0.205 bits per heavy atom. The SMILES string of the molecule is c1cc(C2C(c3ccncc3)C3c4ccc(cc4)C4C(c5ccncc5)C(c5ccncc5)C4c4ccc(cc4)C23)ccn1. The third-order valence-electron chi connectivity index (χ3n) is 10.9. The van der Waals surface area contributed by atoms with Crippen molar-refractivity contribution in [3.05, 3.63) is 191 Å². The summed E-state index contributed by atoms with van der Waals surface area (Å²) in [5.74, 6) is 2.90. The quantitative estimate of drug-likeness (QED) is 0.214. The van der Waals surface area contributed by atoms with Crippen molar-refractivity contribution < 1.29 is 0 Å².